The molecule has 2 rings (SSSR count). The number of rotatable bonds is 2. The number of nitrogens with zero attached hydrogens (tertiary/aromatic N) is 2. The second kappa shape index (κ2) is 4.01. The summed E-state index contributed by atoms with van der Waals surface area (Å²) in [6, 6.07) is 0. The fraction of sp³-hybridized carbons (Fsp3) is 0.500. The maximum atomic E-state index is 4.63. The SMILES string of the molecule is CNc1nc(C(C)C)nc2sc(C)c(C)c12. The second-order valence-electron chi connectivity index (χ2n) is 4.30. The van der Waals surface area contributed by atoms with Crippen LogP contribution in [0.25, 0.3) is 10.2 Å². The number of nitrogens with one attached hydrogen (secondary N) is 1. The first kappa shape index (κ1) is 11.3. The third-order valence-electron chi connectivity index (χ3n) is 2.80. The highest BCUT2D eigenvalue weighted by Gasteiger charge is 2.14. The first-order chi connectivity index (χ1) is 7.54. The zero-order valence-corrected chi connectivity index (χ0v) is 11.2. The molecule has 0 aromatic carbocycles. The van der Waals surface area contributed by atoms with E-state index in [2.05, 4.69) is 43.0 Å². The van der Waals surface area contributed by atoms with E-state index in [0.29, 0.717) is 5.92 Å². The highest BCUT2D eigenvalue weighted by molar-refractivity contribution is 7.18. The lowest BCUT2D eigenvalue weighted by atomic mass is 10.2. The number of thiophene rings is 1. The lowest BCUT2D eigenvalue weighted by Crippen LogP contribution is -2.02. The monoisotopic (exact) mass is 235 g/mol. The Balaban J connectivity index is 2.78. The molecule has 0 amide bonds. The third kappa shape index (κ3) is 1.67. The molecular formula is C12H17N3S. The van der Waals surface area contributed by atoms with E-state index in [-0.39, 0.29) is 0 Å². The minimum atomic E-state index is 0.360. The Morgan fingerprint density at radius 2 is 1.88 bits per heavy atom. The highest BCUT2D eigenvalue weighted by Crippen LogP contribution is 2.33. The summed E-state index contributed by atoms with van der Waals surface area (Å²) in [4.78, 5) is 11.6. The molecule has 0 spiro atoms. The van der Waals surface area contributed by atoms with Gasteiger partial charge >= 0.3 is 0 Å². The topological polar surface area (TPSA) is 37.8 Å². The summed E-state index contributed by atoms with van der Waals surface area (Å²) in [5.41, 5.74) is 1.29. The van der Waals surface area contributed by atoms with Gasteiger partial charge in [-0.1, -0.05) is 13.8 Å². The number of aryl methyl sites for hydroxylation is 2. The molecule has 2 aromatic heterocycles. The van der Waals surface area contributed by atoms with Crippen molar-refractivity contribution in [1.29, 1.82) is 0 Å². The predicted molar refractivity (Wildman–Crippen MR) is 70.5 cm³/mol. The average Bonchev–Trinajstić information content (AvgIpc) is 2.53. The zero-order valence-electron chi connectivity index (χ0n) is 10.4. The molecule has 0 aliphatic rings. The van der Waals surface area contributed by atoms with Crippen molar-refractivity contribution in [2.24, 2.45) is 0 Å². The maximum absolute atomic E-state index is 4.63. The molecule has 4 heteroatoms. The molecule has 0 atom stereocenters. The van der Waals surface area contributed by atoms with Crippen LogP contribution in [0.2, 0.25) is 0 Å². The Labute approximate surface area is 99.9 Å². The van der Waals surface area contributed by atoms with E-state index in [4.69, 9.17) is 0 Å². The lowest BCUT2D eigenvalue weighted by Gasteiger charge is -2.08. The molecule has 86 valence electrons. The van der Waals surface area contributed by atoms with Gasteiger partial charge in [0.05, 0.1) is 5.39 Å². The smallest absolute Gasteiger partial charge is 0.138 e. The molecule has 0 aliphatic heterocycles. The van der Waals surface area contributed by atoms with Crippen molar-refractivity contribution in [3.05, 3.63) is 16.3 Å². The van der Waals surface area contributed by atoms with E-state index in [1.54, 1.807) is 11.3 Å². The minimum absolute atomic E-state index is 0.360. The van der Waals surface area contributed by atoms with E-state index in [1.165, 1.54) is 15.8 Å². The van der Waals surface area contributed by atoms with Crippen LogP contribution in [0.3, 0.4) is 0 Å². The summed E-state index contributed by atoms with van der Waals surface area (Å²) < 4.78 is 0. The van der Waals surface area contributed by atoms with Crippen LogP contribution in [0.15, 0.2) is 0 Å². The predicted octanol–water partition coefficient (Wildman–Crippen LogP) is 3.47. The fourth-order valence-electron chi connectivity index (χ4n) is 1.71. The van der Waals surface area contributed by atoms with Gasteiger partial charge in [-0.2, -0.15) is 0 Å². The summed E-state index contributed by atoms with van der Waals surface area (Å²) >= 11 is 1.75. The molecule has 0 unspecified atom stereocenters. The highest BCUT2D eigenvalue weighted by atomic mass is 32.1. The first-order valence-electron chi connectivity index (χ1n) is 5.50. The molecule has 2 aromatic rings. The van der Waals surface area contributed by atoms with Crippen molar-refractivity contribution >= 4 is 27.4 Å². The maximum Gasteiger partial charge on any atom is 0.138 e. The van der Waals surface area contributed by atoms with Crippen molar-refractivity contribution in [1.82, 2.24) is 9.97 Å². The van der Waals surface area contributed by atoms with Gasteiger partial charge in [0.2, 0.25) is 0 Å². The van der Waals surface area contributed by atoms with Crippen LogP contribution in [0.1, 0.15) is 36.0 Å². The van der Waals surface area contributed by atoms with Crippen molar-refractivity contribution < 1.29 is 0 Å². The zero-order chi connectivity index (χ0) is 11.9. The van der Waals surface area contributed by atoms with E-state index >= 15 is 0 Å². The van der Waals surface area contributed by atoms with Crippen LogP contribution in [-0.2, 0) is 0 Å². The molecule has 16 heavy (non-hydrogen) atoms. The fourth-order valence-corrected chi connectivity index (χ4v) is 2.74. The molecule has 0 aliphatic carbocycles. The van der Waals surface area contributed by atoms with E-state index in [0.717, 1.165) is 16.5 Å². The van der Waals surface area contributed by atoms with E-state index < -0.39 is 0 Å². The largest absolute Gasteiger partial charge is 0.372 e. The van der Waals surface area contributed by atoms with Crippen LogP contribution in [-0.4, -0.2) is 17.0 Å². The molecule has 1 N–H and O–H groups in total. The molecular weight excluding hydrogens is 218 g/mol. The molecule has 2 heterocycles. The molecule has 0 fully saturated rings. The quantitative estimate of drug-likeness (QED) is 0.866. The number of hydrogen-bond acceptors (Lipinski definition) is 4. The van der Waals surface area contributed by atoms with Gasteiger partial charge in [-0.25, -0.2) is 9.97 Å². The van der Waals surface area contributed by atoms with Crippen LogP contribution in [0.5, 0.6) is 0 Å². The van der Waals surface area contributed by atoms with Gasteiger partial charge in [0.1, 0.15) is 16.5 Å². The number of hydrogen-bond donors (Lipinski definition) is 1. The van der Waals surface area contributed by atoms with Crippen LogP contribution in [0.4, 0.5) is 5.82 Å². The lowest BCUT2D eigenvalue weighted by molar-refractivity contribution is 0.785. The van der Waals surface area contributed by atoms with Gasteiger partial charge in [0, 0.05) is 17.8 Å². The average molecular weight is 235 g/mol. The molecule has 0 saturated heterocycles. The van der Waals surface area contributed by atoms with Crippen LogP contribution >= 0.6 is 11.3 Å². The van der Waals surface area contributed by atoms with Gasteiger partial charge in [-0.05, 0) is 19.4 Å². The summed E-state index contributed by atoms with van der Waals surface area (Å²) in [7, 11) is 1.92. The van der Waals surface area contributed by atoms with Gasteiger partial charge < -0.3 is 5.32 Å². The number of anilines is 1. The third-order valence-corrected chi connectivity index (χ3v) is 3.90. The number of aromatic nitrogens is 2. The van der Waals surface area contributed by atoms with Crippen LogP contribution < -0.4 is 5.32 Å². The number of fused-ring (bicyclic) bond motifs is 1. The molecule has 0 radical (unpaired) electrons. The normalized spacial score (nSPS) is 11.4. The summed E-state index contributed by atoms with van der Waals surface area (Å²) in [5.74, 6) is 2.23. The van der Waals surface area contributed by atoms with Gasteiger partial charge in [-0.3, -0.25) is 0 Å². The Bertz CT molecular complexity index is 529. The van der Waals surface area contributed by atoms with Crippen molar-refractivity contribution in [2.75, 3.05) is 12.4 Å². The Kier molecular flexibility index (Phi) is 2.84. The van der Waals surface area contributed by atoms with Crippen molar-refractivity contribution in [2.45, 2.75) is 33.6 Å². The molecule has 0 bridgehead atoms. The Morgan fingerprint density at radius 3 is 2.44 bits per heavy atom. The summed E-state index contributed by atoms with van der Waals surface area (Å²) in [6.45, 7) is 8.51. The summed E-state index contributed by atoms with van der Waals surface area (Å²) in [5, 5.41) is 4.35. The van der Waals surface area contributed by atoms with E-state index in [1.807, 2.05) is 7.05 Å². The minimum Gasteiger partial charge on any atom is -0.372 e. The van der Waals surface area contributed by atoms with Crippen LogP contribution in [0, 0.1) is 13.8 Å². The van der Waals surface area contributed by atoms with Crippen molar-refractivity contribution in [3.63, 3.8) is 0 Å². The summed E-state index contributed by atoms with van der Waals surface area (Å²) in [6.07, 6.45) is 0. The Hall–Kier alpha value is -1.16. The molecule has 0 saturated carbocycles. The first-order valence-corrected chi connectivity index (χ1v) is 6.31. The van der Waals surface area contributed by atoms with Gasteiger partial charge in [0.15, 0.2) is 0 Å². The second-order valence-corrected chi connectivity index (χ2v) is 5.50. The van der Waals surface area contributed by atoms with E-state index in [9.17, 15) is 0 Å². The van der Waals surface area contributed by atoms with Crippen molar-refractivity contribution in [3.8, 4) is 0 Å². The Morgan fingerprint density at radius 1 is 1.19 bits per heavy atom. The standard InChI is InChI=1S/C12H17N3S/c1-6(2)10-14-11(13-5)9-7(3)8(4)16-12(9)15-10/h6H,1-5H3,(H,13,14,15). The van der Waals surface area contributed by atoms with Gasteiger partial charge in [-0.15, -0.1) is 11.3 Å². The van der Waals surface area contributed by atoms with Gasteiger partial charge in [0.25, 0.3) is 0 Å². The molecule has 3 nitrogen and oxygen atoms in total.